The fourth-order valence-electron chi connectivity index (χ4n) is 8.99. The Bertz CT molecular complexity index is 1420. The highest BCUT2D eigenvalue weighted by atomic mass is 14.5. The van der Waals surface area contributed by atoms with Gasteiger partial charge in [-0.15, -0.1) is 0 Å². The molecule has 4 N–H and O–H groups in total. The van der Waals surface area contributed by atoms with Crippen molar-refractivity contribution < 1.29 is 0 Å². The highest BCUT2D eigenvalue weighted by Crippen LogP contribution is 2.48. The third kappa shape index (κ3) is 10.5. The molecule has 1 fully saturated rings. The van der Waals surface area contributed by atoms with Gasteiger partial charge in [-0.2, -0.15) is 0 Å². The molecule has 4 aromatic rings. The maximum atomic E-state index is 6.08. The van der Waals surface area contributed by atoms with E-state index in [0.29, 0.717) is 11.8 Å². The van der Waals surface area contributed by atoms with Crippen molar-refractivity contribution in [3.63, 3.8) is 0 Å². The van der Waals surface area contributed by atoms with Crippen molar-refractivity contribution in [2.75, 3.05) is 11.5 Å². The molecule has 2 nitrogen and oxygen atoms in total. The van der Waals surface area contributed by atoms with E-state index in [9.17, 15) is 0 Å². The Morgan fingerprint density at radius 2 is 0.824 bits per heavy atom. The number of benzene rings is 4. The molecule has 0 saturated heterocycles. The summed E-state index contributed by atoms with van der Waals surface area (Å²) in [4.78, 5) is 0. The van der Waals surface area contributed by atoms with Crippen molar-refractivity contribution in [3.05, 3.63) is 130 Å². The molecule has 1 saturated carbocycles. The highest BCUT2D eigenvalue weighted by molar-refractivity contribution is 5.47. The van der Waals surface area contributed by atoms with Crippen LogP contribution in [0.4, 0.5) is 11.4 Å². The summed E-state index contributed by atoms with van der Waals surface area (Å²) < 4.78 is 0. The first-order valence-electron chi connectivity index (χ1n) is 20.9. The van der Waals surface area contributed by atoms with Crippen LogP contribution >= 0.6 is 0 Å². The van der Waals surface area contributed by atoms with Crippen LogP contribution in [0.5, 0.6) is 0 Å². The van der Waals surface area contributed by atoms with Gasteiger partial charge in [0.1, 0.15) is 0 Å². The normalized spacial score (nSPS) is 18.8. The van der Waals surface area contributed by atoms with Gasteiger partial charge in [0.15, 0.2) is 0 Å². The van der Waals surface area contributed by atoms with E-state index in [2.05, 4.69) is 118 Å². The minimum Gasteiger partial charge on any atom is -0.399 e. The van der Waals surface area contributed by atoms with Crippen molar-refractivity contribution in [1.82, 2.24) is 0 Å². The lowest BCUT2D eigenvalue weighted by Crippen LogP contribution is -2.33. The molecule has 0 amide bonds. The van der Waals surface area contributed by atoms with Crippen LogP contribution in [0.15, 0.2) is 97.1 Å². The third-order valence-electron chi connectivity index (χ3n) is 12.3. The molecule has 51 heavy (non-hydrogen) atoms. The second-order valence-electron chi connectivity index (χ2n) is 15.9. The smallest absolute Gasteiger partial charge is 0.0314 e. The monoisotopic (exact) mass is 685 g/mol. The third-order valence-corrected chi connectivity index (χ3v) is 12.3. The van der Waals surface area contributed by atoms with Gasteiger partial charge in [-0.05, 0) is 102 Å². The molecule has 1 aliphatic carbocycles. The van der Waals surface area contributed by atoms with Crippen LogP contribution in [0.2, 0.25) is 0 Å². The Hall–Kier alpha value is -3.52. The highest BCUT2D eigenvalue weighted by Gasteiger charge is 2.38. The number of nitrogen functional groups attached to an aromatic ring is 2. The van der Waals surface area contributed by atoms with Gasteiger partial charge < -0.3 is 11.5 Å². The van der Waals surface area contributed by atoms with Gasteiger partial charge in [0.25, 0.3) is 0 Å². The molecule has 0 aromatic heterocycles. The molecule has 0 heterocycles. The molecule has 0 spiro atoms. The van der Waals surface area contributed by atoms with Gasteiger partial charge in [-0.3, -0.25) is 0 Å². The van der Waals surface area contributed by atoms with Gasteiger partial charge >= 0.3 is 0 Å². The maximum absolute atomic E-state index is 6.08. The van der Waals surface area contributed by atoms with E-state index >= 15 is 0 Å². The van der Waals surface area contributed by atoms with Crippen LogP contribution in [0.1, 0.15) is 182 Å². The average Bonchev–Trinajstić information content (AvgIpc) is 3.17. The molecule has 5 rings (SSSR count). The van der Waals surface area contributed by atoms with E-state index in [1.165, 1.54) is 149 Å². The van der Waals surface area contributed by atoms with E-state index in [0.717, 1.165) is 17.3 Å². The molecule has 4 aromatic carbocycles. The van der Waals surface area contributed by atoms with Crippen LogP contribution < -0.4 is 11.5 Å². The fourth-order valence-corrected chi connectivity index (χ4v) is 8.99. The van der Waals surface area contributed by atoms with Crippen LogP contribution in [0.3, 0.4) is 0 Å². The standard InChI is InChI=1S/C49H68N2/c1-4-7-10-11-12-13-14-15-38-34-36-49(37-35-38,43-26-18-39(19-27-43)47(16-8-5-2)41-22-30-45(50)31-23-41)44-28-20-40(21-29-44)48(17-9-6-3)42-24-32-46(51)33-25-42/h18-33,38,47-48H,4-17,34-37,50-51H2,1-3H3. The summed E-state index contributed by atoms with van der Waals surface area (Å²) in [6, 6.07) is 37.0. The molecule has 0 bridgehead atoms. The van der Waals surface area contributed by atoms with Crippen LogP contribution in [0.25, 0.3) is 0 Å². The minimum atomic E-state index is 0.0634. The largest absolute Gasteiger partial charge is 0.399 e. The van der Waals surface area contributed by atoms with Gasteiger partial charge in [0, 0.05) is 28.6 Å². The van der Waals surface area contributed by atoms with Gasteiger partial charge in [0.2, 0.25) is 0 Å². The molecule has 2 atom stereocenters. The summed E-state index contributed by atoms with van der Waals surface area (Å²) in [7, 11) is 0. The number of unbranched alkanes of at least 4 members (excludes halogenated alkanes) is 8. The second-order valence-corrected chi connectivity index (χ2v) is 15.9. The lowest BCUT2D eigenvalue weighted by Gasteiger charge is -2.42. The average molecular weight is 685 g/mol. The minimum absolute atomic E-state index is 0.0634. The Morgan fingerprint density at radius 3 is 1.22 bits per heavy atom. The lowest BCUT2D eigenvalue weighted by molar-refractivity contribution is 0.250. The van der Waals surface area contributed by atoms with Crippen molar-refractivity contribution in [2.45, 2.75) is 154 Å². The summed E-state index contributed by atoms with van der Waals surface area (Å²) in [6.45, 7) is 6.90. The molecule has 2 unspecified atom stereocenters. The molecule has 0 radical (unpaired) electrons. The summed E-state index contributed by atoms with van der Waals surface area (Å²) in [5.41, 5.74) is 22.5. The maximum Gasteiger partial charge on any atom is 0.0314 e. The van der Waals surface area contributed by atoms with Crippen LogP contribution in [-0.4, -0.2) is 0 Å². The summed E-state index contributed by atoms with van der Waals surface area (Å²) in [6.07, 6.45) is 23.5. The van der Waals surface area contributed by atoms with E-state index in [1.54, 1.807) is 0 Å². The molecule has 2 heteroatoms. The molecule has 0 aliphatic heterocycles. The van der Waals surface area contributed by atoms with Crippen molar-refractivity contribution in [2.24, 2.45) is 5.92 Å². The fraction of sp³-hybridized carbons (Fsp3) is 0.510. The number of rotatable bonds is 20. The van der Waals surface area contributed by atoms with Gasteiger partial charge in [0.05, 0.1) is 0 Å². The zero-order valence-corrected chi connectivity index (χ0v) is 32.4. The van der Waals surface area contributed by atoms with E-state index in [4.69, 9.17) is 11.5 Å². The zero-order valence-electron chi connectivity index (χ0n) is 32.4. The first-order valence-corrected chi connectivity index (χ1v) is 20.9. The Labute approximate surface area is 311 Å². The van der Waals surface area contributed by atoms with E-state index in [-0.39, 0.29) is 5.41 Å². The van der Waals surface area contributed by atoms with E-state index < -0.39 is 0 Å². The van der Waals surface area contributed by atoms with Crippen molar-refractivity contribution >= 4 is 11.4 Å². The van der Waals surface area contributed by atoms with Gasteiger partial charge in [-0.25, -0.2) is 0 Å². The molecule has 274 valence electrons. The lowest BCUT2D eigenvalue weighted by atomic mass is 9.62. The summed E-state index contributed by atoms with van der Waals surface area (Å²) in [5, 5.41) is 0. The van der Waals surface area contributed by atoms with Crippen molar-refractivity contribution in [3.8, 4) is 0 Å². The summed E-state index contributed by atoms with van der Waals surface area (Å²) >= 11 is 0. The molecular weight excluding hydrogens is 617 g/mol. The SMILES string of the molecule is CCCCCCCCCC1CCC(c2ccc(C(CCCC)c3ccc(N)cc3)cc2)(c2ccc(C(CCCC)c3ccc(N)cc3)cc2)CC1. The molecule has 1 aliphatic rings. The number of anilines is 2. The Balaban J connectivity index is 1.40. The number of hydrogen-bond acceptors (Lipinski definition) is 2. The Kier molecular flexibility index (Phi) is 15.1. The number of hydrogen-bond donors (Lipinski definition) is 2. The first-order chi connectivity index (χ1) is 25.0. The zero-order chi connectivity index (χ0) is 35.9. The van der Waals surface area contributed by atoms with Crippen molar-refractivity contribution in [1.29, 1.82) is 0 Å². The Morgan fingerprint density at radius 1 is 0.471 bits per heavy atom. The first kappa shape index (κ1) is 38.7. The predicted octanol–water partition coefficient (Wildman–Crippen LogP) is 14.1. The van der Waals surface area contributed by atoms with Crippen LogP contribution in [0, 0.1) is 5.92 Å². The van der Waals surface area contributed by atoms with E-state index in [1.807, 2.05) is 0 Å². The van der Waals surface area contributed by atoms with Gasteiger partial charge in [-0.1, -0.05) is 171 Å². The molecular formula is C49H68N2. The van der Waals surface area contributed by atoms with Crippen LogP contribution in [-0.2, 0) is 5.41 Å². The summed E-state index contributed by atoms with van der Waals surface area (Å²) in [5.74, 6) is 1.67. The predicted molar refractivity (Wildman–Crippen MR) is 223 cm³/mol. The second kappa shape index (κ2) is 19.9. The number of nitrogens with two attached hydrogens (primary N) is 2. The topological polar surface area (TPSA) is 52.0 Å². The quantitative estimate of drug-likeness (QED) is 0.0719.